The van der Waals surface area contributed by atoms with Gasteiger partial charge in [-0.1, -0.05) is 0 Å². The summed E-state index contributed by atoms with van der Waals surface area (Å²) in [5, 5.41) is 7.49. The van der Waals surface area contributed by atoms with Gasteiger partial charge in [-0.3, -0.25) is 0 Å². The van der Waals surface area contributed by atoms with Gasteiger partial charge in [-0.2, -0.15) is 0 Å². The molecule has 1 aliphatic heterocycles. The molecule has 1 aliphatic rings. The summed E-state index contributed by atoms with van der Waals surface area (Å²) in [6, 6.07) is 0. The molecule has 0 aliphatic carbocycles. The second-order valence-corrected chi connectivity index (χ2v) is 8.63. The summed E-state index contributed by atoms with van der Waals surface area (Å²) in [7, 11) is 5.58. The monoisotopic (exact) mass is 233 g/mol. The van der Waals surface area contributed by atoms with E-state index in [9.17, 15) is 8.42 Å². The van der Waals surface area contributed by atoms with Crippen LogP contribution in [0.2, 0.25) is 0 Å². The molecule has 0 radical (unpaired) electrons. The fraction of sp³-hybridized carbons (Fsp3) is 0. The first-order valence-corrected chi connectivity index (χ1v) is 7.42. The molecular formula is C4H5Cl2NO2S2. The molecule has 64 valence electrons. The molecule has 0 unspecified atom stereocenters. The molecule has 0 saturated heterocycles. The molecule has 2 N–H and O–H groups in total. The molecule has 0 bridgehead atoms. The lowest BCUT2D eigenvalue weighted by molar-refractivity contribution is 0.604. The van der Waals surface area contributed by atoms with Crippen molar-refractivity contribution in [3.05, 3.63) is 21.8 Å². The Bertz CT molecular complexity index is 330. The first-order valence-electron chi connectivity index (χ1n) is 2.46. The van der Waals surface area contributed by atoms with E-state index in [1.807, 2.05) is 0 Å². The van der Waals surface area contributed by atoms with Crippen molar-refractivity contribution >= 4 is 39.8 Å². The van der Waals surface area contributed by atoms with Gasteiger partial charge in [-0.15, -0.1) is 0 Å². The van der Waals surface area contributed by atoms with Crippen molar-refractivity contribution in [2.24, 2.45) is 5.14 Å². The molecular weight excluding hydrogens is 229 g/mol. The average Bonchev–Trinajstić information content (AvgIpc) is 2.07. The predicted molar refractivity (Wildman–Crippen MR) is 49.6 cm³/mol. The fourth-order valence-corrected chi connectivity index (χ4v) is 3.89. The maximum atomic E-state index is 10.7. The summed E-state index contributed by atoms with van der Waals surface area (Å²) >= 11 is 0. The minimum Gasteiger partial charge on any atom is -0.225 e. The Morgan fingerprint density at radius 3 is 2.18 bits per heavy atom. The zero-order valence-corrected chi connectivity index (χ0v) is 8.34. The van der Waals surface area contributed by atoms with Gasteiger partial charge in [-0.25, -0.2) is 13.6 Å². The van der Waals surface area contributed by atoms with Crippen LogP contribution in [-0.4, -0.2) is 8.42 Å². The summed E-state index contributed by atoms with van der Waals surface area (Å²) in [4.78, 5) is -0.0162. The number of hydrogen-bond acceptors (Lipinski definition) is 2. The Balaban J connectivity index is 3.09. The van der Waals surface area contributed by atoms with E-state index in [1.54, 1.807) is 0 Å². The van der Waals surface area contributed by atoms with E-state index < -0.39 is 18.5 Å². The van der Waals surface area contributed by atoms with Gasteiger partial charge in [0.2, 0.25) is 10.0 Å². The van der Waals surface area contributed by atoms with Crippen LogP contribution in [0.25, 0.3) is 0 Å². The molecule has 0 fully saturated rings. The van der Waals surface area contributed by atoms with E-state index in [-0.39, 0.29) is 4.91 Å². The largest absolute Gasteiger partial charge is 0.238 e. The molecule has 0 aromatic carbocycles. The molecule has 3 nitrogen and oxygen atoms in total. The molecule has 0 spiro atoms. The summed E-state index contributed by atoms with van der Waals surface area (Å²) in [5.41, 5.74) is 0. The molecule has 11 heavy (non-hydrogen) atoms. The third-order valence-corrected chi connectivity index (χ3v) is 4.29. The second kappa shape index (κ2) is 2.67. The SMILES string of the molecule is NS(=O)(=O)C1=CS(Cl)(Cl)C=C1. The topological polar surface area (TPSA) is 60.2 Å². The van der Waals surface area contributed by atoms with E-state index >= 15 is 0 Å². The van der Waals surface area contributed by atoms with E-state index in [0.29, 0.717) is 0 Å². The van der Waals surface area contributed by atoms with Gasteiger partial charge < -0.3 is 0 Å². The number of allylic oxidation sites excluding steroid dienone is 1. The van der Waals surface area contributed by atoms with Gasteiger partial charge in [0.25, 0.3) is 0 Å². The molecule has 0 aromatic heterocycles. The number of sulfonamides is 1. The Kier molecular flexibility index (Phi) is 2.28. The molecule has 0 saturated carbocycles. The summed E-state index contributed by atoms with van der Waals surface area (Å²) in [5.74, 6) is 0. The van der Waals surface area contributed by atoms with Crippen LogP contribution in [0.4, 0.5) is 0 Å². The van der Waals surface area contributed by atoms with E-state index in [4.69, 9.17) is 26.5 Å². The lowest BCUT2D eigenvalue weighted by Crippen LogP contribution is -2.12. The Hall–Kier alpha value is 0.320. The minimum absolute atomic E-state index is 0.0162. The van der Waals surface area contributed by atoms with Crippen LogP contribution in [0.3, 0.4) is 0 Å². The zero-order valence-electron chi connectivity index (χ0n) is 5.20. The minimum atomic E-state index is -3.65. The van der Waals surface area contributed by atoms with Crippen molar-refractivity contribution < 1.29 is 8.42 Å². The van der Waals surface area contributed by atoms with E-state index in [2.05, 4.69) is 0 Å². The molecule has 0 atom stereocenters. The van der Waals surface area contributed by atoms with Crippen molar-refractivity contribution in [1.82, 2.24) is 0 Å². The van der Waals surface area contributed by atoms with Gasteiger partial charge in [0, 0.05) is 5.41 Å². The van der Waals surface area contributed by atoms with Gasteiger partial charge in [0.05, 0.1) is 4.91 Å². The highest BCUT2D eigenvalue weighted by Crippen LogP contribution is 2.64. The van der Waals surface area contributed by atoms with Crippen LogP contribution in [0, 0.1) is 0 Å². The molecule has 0 aromatic rings. The highest BCUT2D eigenvalue weighted by molar-refractivity contribution is 8.69. The first-order chi connectivity index (χ1) is 4.81. The lowest BCUT2D eigenvalue weighted by Gasteiger charge is -2.08. The van der Waals surface area contributed by atoms with Gasteiger partial charge >= 0.3 is 0 Å². The van der Waals surface area contributed by atoms with Crippen molar-refractivity contribution in [3.8, 4) is 0 Å². The Morgan fingerprint density at radius 1 is 1.45 bits per heavy atom. The smallest absolute Gasteiger partial charge is 0.225 e. The summed E-state index contributed by atoms with van der Waals surface area (Å²) in [6.07, 6.45) is 1.31. The van der Waals surface area contributed by atoms with Gasteiger partial charge in [-0.05, 0) is 41.3 Å². The lowest BCUT2D eigenvalue weighted by atomic mass is 10.6. The van der Waals surface area contributed by atoms with E-state index in [1.165, 1.54) is 16.9 Å². The predicted octanol–water partition coefficient (Wildman–Crippen LogP) is 1.76. The quantitative estimate of drug-likeness (QED) is 0.751. The highest BCUT2D eigenvalue weighted by atomic mass is 36.0. The third-order valence-electron chi connectivity index (χ3n) is 1.02. The number of hydrogen-bond donors (Lipinski definition) is 1. The van der Waals surface area contributed by atoms with E-state index in [0.717, 1.165) is 0 Å². The molecule has 7 heteroatoms. The first kappa shape index (κ1) is 9.41. The van der Waals surface area contributed by atoms with Crippen LogP contribution in [0.15, 0.2) is 21.8 Å². The maximum absolute atomic E-state index is 10.7. The van der Waals surface area contributed by atoms with Crippen LogP contribution in [0.1, 0.15) is 0 Å². The second-order valence-electron chi connectivity index (χ2n) is 1.92. The molecule has 0 amide bonds. The Labute approximate surface area is 75.2 Å². The number of primary sulfonamides is 1. The normalized spacial score (nSPS) is 24.8. The standard InChI is InChI=1S/C4H5Cl2NO2S2/c5-10(6)2-1-4(3-10)11(7,8)9/h1-3H,(H2,7,8,9). The molecule has 1 heterocycles. The number of halogens is 2. The zero-order chi connectivity index (χ0) is 8.70. The third kappa shape index (κ3) is 2.38. The van der Waals surface area contributed by atoms with Crippen molar-refractivity contribution in [1.29, 1.82) is 0 Å². The van der Waals surface area contributed by atoms with Gasteiger partial charge in [0.15, 0.2) is 0 Å². The maximum Gasteiger partial charge on any atom is 0.238 e. The highest BCUT2D eigenvalue weighted by Gasteiger charge is 2.22. The van der Waals surface area contributed by atoms with Crippen LogP contribution >= 0.6 is 29.8 Å². The average molecular weight is 234 g/mol. The van der Waals surface area contributed by atoms with Crippen LogP contribution < -0.4 is 5.14 Å². The van der Waals surface area contributed by atoms with Crippen molar-refractivity contribution in [3.63, 3.8) is 0 Å². The van der Waals surface area contributed by atoms with Crippen LogP contribution in [-0.2, 0) is 10.0 Å². The summed E-state index contributed by atoms with van der Waals surface area (Å²) in [6.45, 7) is 0. The number of rotatable bonds is 1. The Morgan fingerprint density at radius 2 is 2.00 bits per heavy atom. The van der Waals surface area contributed by atoms with Crippen LogP contribution in [0.5, 0.6) is 0 Å². The number of nitrogens with two attached hydrogens (primary N) is 1. The molecule has 1 rings (SSSR count). The summed E-state index contributed by atoms with van der Waals surface area (Å²) < 4.78 is 21.4. The van der Waals surface area contributed by atoms with Crippen molar-refractivity contribution in [2.75, 3.05) is 0 Å². The van der Waals surface area contributed by atoms with Gasteiger partial charge in [0.1, 0.15) is 0 Å². The fourth-order valence-electron chi connectivity index (χ4n) is 0.553. The van der Waals surface area contributed by atoms with Crippen molar-refractivity contribution in [2.45, 2.75) is 0 Å².